The van der Waals surface area contributed by atoms with Crippen LogP contribution < -0.4 is 10.1 Å². The second kappa shape index (κ2) is 5.75. The first kappa shape index (κ1) is 12.7. The predicted molar refractivity (Wildman–Crippen MR) is 77.5 cm³/mol. The zero-order valence-corrected chi connectivity index (χ0v) is 11.3. The van der Waals surface area contributed by atoms with Gasteiger partial charge in [-0.1, -0.05) is 6.07 Å². The van der Waals surface area contributed by atoms with E-state index in [9.17, 15) is 0 Å². The molecule has 0 saturated carbocycles. The average molecular weight is 268 g/mol. The smallest absolute Gasteiger partial charge is 0.146 e. The van der Waals surface area contributed by atoms with E-state index in [1.807, 2.05) is 43.4 Å². The summed E-state index contributed by atoms with van der Waals surface area (Å²) in [4.78, 5) is 4.32. The molecule has 0 aliphatic heterocycles. The molecule has 0 spiro atoms. The second-order valence-corrected chi connectivity index (χ2v) is 4.55. The van der Waals surface area contributed by atoms with Crippen molar-refractivity contribution in [1.29, 1.82) is 0 Å². The Morgan fingerprint density at radius 3 is 3.10 bits per heavy atom. The minimum Gasteiger partial charge on any atom is -0.486 e. The molecule has 0 unspecified atom stereocenters. The van der Waals surface area contributed by atoms with E-state index in [1.54, 1.807) is 12.5 Å². The van der Waals surface area contributed by atoms with Crippen LogP contribution in [0.15, 0.2) is 53.3 Å². The highest BCUT2D eigenvalue weighted by molar-refractivity contribution is 5.79. The van der Waals surface area contributed by atoms with Crippen molar-refractivity contribution in [2.24, 2.45) is 0 Å². The maximum absolute atomic E-state index is 5.78. The van der Waals surface area contributed by atoms with Crippen LogP contribution in [0.3, 0.4) is 0 Å². The molecule has 3 rings (SSSR count). The number of furan rings is 1. The van der Waals surface area contributed by atoms with Gasteiger partial charge in [0, 0.05) is 29.8 Å². The number of pyridine rings is 1. The Bertz CT molecular complexity index is 706. The number of hydrogen-bond acceptors (Lipinski definition) is 4. The van der Waals surface area contributed by atoms with Crippen molar-refractivity contribution in [3.05, 3.63) is 60.2 Å². The lowest BCUT2D eigenvalue weighted by molar-refractivity contribution is 0.268. The largest absolute Gasteiger partial charge is 0.486 e. The van der Waals surface area contributed by atoms with Gasteiger partial charge in [-0.2, -0.15) is 0 Å². The SMILES string of the molecule is CNCc1ccoc1COc1ccc2cccnc2c1. The predicted octanol–water partition coefficient (Wildman–Crippen LogP) is 3.13. The average Bonchev–Trinajstić information content (AvgIpc) is 2.93. The molecule has 20 heavy (non-hydrogen) atoms. The molecule has 0 radical (unpaired) electrons. The number of rotatable bonds is 5. The van der Waals surface area contributed by atoms with Crippen LogP contribution in [0.5, 0.6) is 5.75 Å². The molecule has 2 heterocycles. The Morgan fingerprint density at radius 2 is 2.20 bits per heavy atom. The van der Waals surface area contributed by atoms with Crippen LogP contribution >= 0.6 is 0 Å². The number of aromatic nitrogens is 1. The Hall–Kier alpha value is -2.33. The molecule has 3 aromatic rings. The summed E-state index contributed by atoms with van der Waals surface area (Å²) in [6, 6.07) is 11.8. The Kier molecular flexibility index (Phi) is 3.65. The zero-order valence-electron chi connectivity index (χ0n) is 11.3. The van der Waals surface area contributed by atoms with Gasteiger partial charge in [-0.05, 0) is 31.3 Å². The number of ether oxygens (including phenoxy) is 1. The van der Waals surface area contributed by atoms with Gasteiger partial charge in [0.05, 0.1) is 11.8 Å². The molecule has 102 valence electrons. The molecule has 4 nitrogen and oxygen atoms in total. The lowest BCUT2D eigenvalue weighted by Gasteiger charge is -2.07. The minimum atomic E-state index is 0.419. The van der Waals surface area contributed by atoms with E-state index in [0.29, 0.717) is 6.61 Å². The first-order valence-electron chi connectivity index (χ1n) is 6.54. The van der Waals surface area contributed by atoms with Gasteiger partial charge in [0.1, 0.15) is 18.1 Å². The topological polar surface area (TPSA) is 47.3 Å². The minimum absolute atomic E-state index is 0.419. The molecule has 4 heteroatoms. The van der Waals surface area contributed by atoms with Crippen LogP contribution in [-0.4, -0.2) is 12.0 Å². The molecule has 0 fully saturated rings. The Balaban J connectivity index is 1.74. The van der Waals surface area contributed by atoms with Gasteiger partial charge >= 0.3 is 0 Å². The van der Waals surface area contributed by atoms with Gasteiger partial charge in [0.15, 0.2) is 0 Å². The first-order chi connectivity index (χ1) is 9.86. The highest BCUT2D eigenvalue weighted by Gasteiger charge is 2.06. The normalized spacial score (nSPS) is 10.8. The van der Waals surface area contributed by atoms with Crippen LogP contribution in [0.1, 0.15) is 11.3 Å². The van der Waals surface area contributed by atoms with Crippen molar-refractivity contribution >= 4 is 10.9 Å². The molecule has 0 saturated heterocycles. The third-order valence-corrected chi connectivity index (χ3v) is 3.15. The van der Waals surface area contributed by atoms with E-state index in [4.69, 9.17) is 9.15 Å². The van der Waals surface area contributed by atoms with E-state index < -0.39 is 0 Å². The third-order valence-electron chi connectivity index (χ3n) is 3.15. The van der Waals surface area contributed by atoms with Crippen molar-refractivity contribution < 1.29 is 9.15 Å². The number of fused-ring (bicyclic) bond motifs is 1. The molecule has 0 atom stereocenters. The lowest BCUT2D eigenvalue weighted by Crippen LogP contribution is -2.07. The van der Waals surface area contributed by atoms with Crippen LogP contribution in [0, 0.1) is 0 Å². The highest BCUT2D eigenvalue weighted by Crippen LogP contribution is 2.20. The van der Waals surface area contributed by atoms with Gasteiger partial charge < -0.3 is 14.5 Å². The molecule has 2 aromatic heterocycles. The van der Waals surface area contributed by atoms with E-state index >= 15 is 0 Å². The van der Waals surface area contributed by atoms with Gasteiger partial charge in [-0.25, -0.2) is 0 Å². The molecular formula is C16H16N2O2. The van der Waals surface area contributed by atoms with Crippen LogP contribution in [0.4, 0.5) is 0 Å². The fourth-order valence-electron chi connectivity index (χ4n) is 2.13. The quantitative estimate of drug-likeness (QED) is 0.772. The number of nitrogens with zero attached hydrogens (tertiary/aromatic N) is 1. The lowest BCUT2D eigenvalue weighted by atomic mass is 10.2. The van der Waals surface area contributed by atoms with Crippen LogP contribution in [-0.2, 0) is 13.2 Å². The molecule has 1 N–H and O–H groups in total. The van der Waals surface area contributed by atoms with E-state index in [-0.39, 0.29) is 0 Å². The van der Waals surface area contributed by atoms with Gasteiger partial charge in [0.2, 0.25) is 0 Å². The van der Waals surface area contributed by atoms with Gasteiger partial charge in [0.25, 0.3) is 0 Å². The summed E-state index contributed by atoms with van der Waals surface area (Å²) in [6.45, 7) is 1.19. The van der Waals surface area contributed by atoms with Gasteiger partial charge in [-0.15, -0.1) is 0 Å². The van der Waals surface area contributed by atoms with Crippen LogP contribution in [0.2, 0.25) is 0 Å². The summed E-state index contributed by atoms with van der Waals surface area (Å²) in [5, 5.41) is 4.21. The van der Waals surface area contributed by atoms with Gasteiger partial charge in [-0.3, -0.25) is 4.98 Å². The maximum Gasteiger partial charge on any atom is 0.146 e. The zero-order chi connectivity index (χ0) is 13.8. The highest BCUT2D eigenvalue weighted by atomic mass is 16.5. The number of benzene rings is 1. The van der Waals surface area contributed by atoms with Crippen molar-refractivity contribution in [2.75, 3.05) is 7.05 Å². The molecular weight excluding hydrogens is 252 g/mol. The van der Waals surface area contributed by atoms with Crippen molar-refractivity contribution in [1.82, 2.24) is 10.3 Å². The standard InChI is InChI=1S/C16H16N2O2/c1-17-10-13-6-8-19-16(13)11-20-14-5-4-12-3-2-7-18-15(12)9-14/h2-9,17H,10-11H2,1H3. The fraction of sp³-hybridized carbons (Fsp3) is 0.188. The molecule has 0 aliphatic carbocycles. The fourth-order valence-corrected chi connectivity index (χ4v) is 2.13. The number of nitrogens with one attached hydrogen (secondary N) is 1. The number of hydrogen-bond donors (Lipinski definition) is 1. The molecule has 0 amide bonds. The summed E-state index contributed by atoms with van der Waals surface area (Å²) in [5.74, 6) is 1.64. The second-order valence-electron chi connectivity index (χ2n) is 4.55. The monoisotopic (exact) mass is 268 g/mol. The molecule has 1 aromatic carbocycles. The summed E-state index contributed by atoms with van der Waals surface area (Å²) in [6.07, 6.45) is 3.47. The molecule has 0 bridgehead atoms. The first-order valence-corrected chi connectivity index (χ1v) is 6.54. The summed E-state index contributed by atoms with van der Waals surface area (Å²) < 4.78 is 11.2. The third kappa shape index (κ3) is 2.65. The van der Waals surface area contributed by atoms with E-state index in [1.165, 1.54) is 0 Å². The Labute approximate surface area is 117 Å². The van der Waals surface area contributed by atoms with Crippen LogP contribution in [0.25, 0.3) is 10.9 Å². The Morgan fingerprint density at radius 1 is 1.25 bits per heavy atom. The van der Waals surface area contributed by atoms with E-state index in [2.05, 4.69) is 10.3 Å². The van der Waals surface area contributed by atoms with Crippen molar-refractivity contribution in [3.8, 4) is 5.75 Å². The van der Waals surface area contributed by atoms with Crippen molar-refractivity contribution in [3.63, 3.8) is 0 Å². The maximum atomic E-state index is 5.78. The molecule has 0 aliphatic rings. The summed E-state index contributed by atoms with van der Waals surface area (Å²) in [7, 11) is 1.91. The van der Waals surface area contributed by atoms with Crippen molar-refractivity contribution in [2.45, 2.75) is 13.2 Å². The summed E-state index contributed by atoms with van der Waals surface area (Å²) in [5.41, 5.74) is 2.05. The summed E-state index contributed by atoms with van der Waals surface area (Å²) >= 11 is 0. The van der Waals surface area contributed by atoms with E-state index in [0.717, 1.165) is 34.5 Å².